The third-order valence-corrected chi connectivity index (χ3v) is 3.11. The first-order valence-electron chi connectivity index (χ1n) is 7.41. The van der Waals surface area contributed by atoms with Gasteiger partial charge in [0.2, 0.25) is 0 Å². The van der Waals surface area contributed by atoms with Crippen LogP contribution >= 0.6 is 0 Å². The van der Waals surface area contributed by atoms with E-state index in [9.17, 15) is 9.59 Å². The van der Waals surface area contributed by atoms with Crippen LogP contribution < -0.4 is 5.32 Å². The van der Waals surface area contributed by atoms with Crippen molar-refractivity contribution in [3.8, 4) is 0 Å². The van der Waals surface area contributed by atoms with Crippen LogP contribution in [0.4, 0.5) is 4.79 Å². The van der Waals surface area contributed by atoms with E-state index in [2.05, 4.69) is 11.9 Å². The molecule has 0 aliphatic heterocycles. The van der Waals surface area contributed by atoms with Crippen LogP contribution in [0.25, 0.3) is 0 Å². The molecule has 0 fully saturated rings. The standard InChI is InChI=1S/C18H23NO4/c1-4-8-16(17(20)22-3)12-11-14(2)19-18(21)23-13-15-9-6-5-7-10-15/h4-7,9-12,14,16H,1,8,13H2,2-3H3,(H,19,21)/t14-,16+/m1/s1. The highest BCUT2D eigenvalue weighted by Gasteiger charge is 2.14. The quantitative estimate of drug-likeness (QED) is 0.590. The summed E-state index contributed by atoms with van der Waals surface area (Å²) < 4.78 is 9.85. The van der Waals surface area contributed by atoms with Crippen molar-refractivity contribution in [2.45, 2.75) is 26.0 Å². The molecule has 1 aromatic carbocycles. The minimum Gasteiger partial charge on any atom is -0.469 e. The fraction of sp³-hybridized carbons (Fsp3) is 0.333. The van der Waals surface area contributed by atoms with E-state index in [1.807, 2.05) is 30.3 Å². The average Bonchev–Trinajstić information content (AvgIpc) is 2.57. The maximum Gasteiger partial charge on any atom is 0.407 e. The van der Waals surface area contributed by atoms with E-state index in [1.54, 1.807) is 25.2 Å². The largest absolute Gasteiger partial charge is 0.469 e. The first-order valence-corrected chi connectivity index (χ1v) is 7.41. The van der Waals surface area contributed by atoms with Gasteiger partial charge in [-0.15, -0.1) is 6.58 Å². The zero-order valence-corrected chi connectivity index (χ0v) is 13.5. The van der Waals surface area contributed by atoms with Crippen molar-refractivity contribution >= 4 is 12.1 Å². The predicted molar refractivity (Wildman–Crippen MR) is 88.7 cm³/mol. The van der Waals surface area contributed by atoms with Crippen molar-refractivity contribution in [1.82, 2.24) is 5.32 Å². The smallest absolute Gasteiger partial charge is 0.407 e. The lowest BCUT2D eigenvalue weighted by molar-refractivity contribution is -0.143. The number of hydrogen-bond acceptors (Lipinski definition) is 4. The van der Waals surface area contributed by atoms with E-state index in [0.717, 1.165) is 5.56 Å². The van der Waals surface area contributed by atoms with Gasteiger partial charge in [-0.2, -0.15) is 0 Å². The Morgan fingerprint density at radius 3 is 2.57 bits per heavy atom. The van der Waals surface area contributed by atoms with E-state index in [0.29, 0.717) is 6.42 Å². The number of rotatable bonds is 8. The van der Waals surface area contributed by atoms with Crippen molar-refractivity contribution in [2.24, 2.45) is 5.92 Å². The zero-order valence-electron chi connectivity index (χ0n) is 13.5. The predicted octanol–water partition coefficient (Wildman–Crippen LogP) is 3.22. The number of carbonyl (C=O) groups excluding carboxylic acids is 2. The lowest BCUT2D eigenvalue weighted by atomic mass is 10.0. The highest BCUT2D eigenvalue weighted by molar-refractivity contribution is 5.74. The molecule has 1 rings (SSSR count). The van der Waals surface area contributed by atoms with E-state index in [-0.39, 0.29) is 18.6 Å². The molecule has 1 aromatic rings. The summed E-state index contributed by atoms with van der Waals surface area (Å²) in [7, 11) is 1.34. The first-order chi connectivity index (χ1) is 11.1. The summed E-state index contributed by atoms with van der Waals surface area (Å²) in [6, 6.07) is 9.16. The van der Waals surface area contributed by atoms with Gasteiger partial charge in [-0.05, 0) is 18.9 Å². The lowest BCUT2D eigenvalue weighted by Crippen LogP contribution is -2.31. The van der Waals surface area contributed by atoms with Crippen molar-refractivity contribution in [1.29, 1.82) is 0 Å². The van der Waals surface area contributed by atoms with Gasteiger partial charge in [0.25, 0.3) is 0 Å². The SMILES string of the molecule is C=CC[C@@H](C=C[C@@H](C)NC(=O)OCc1ccccc1)C(=O)OC. The van der Waals surface area contributed by atoms with Gasteiger partial charge in [-0.1, -0.05) is 48.6 Å². The van der Waals surface area contributed by atoms with E-state index in [1.165, 1.54) is 7.11 Å². The number of benzene rings is 1. The van der Waals surface area contributed by atoms with Crippen LogP contribution in [-0.4, -0.2) is 25.2 Å². The summed E-state index contributed by atoms with van der Waals surface area (Å²) in [4.78, 5) is 23.3. The van der Waals surface area contributed by atoms with Crippen LogP contribution in [0, 0.1) is 5.92 Å². The fourth-order valence-corrected chi connectivity index (χ4v) is 1.88. The summed E-state index contributed by atoms with van der Waals surface area (Å²) in [5.41, 5.74) is 0.919. The molecule has 1 N–H and O–H groups in total. The molecule has 0 unspecified atom stereocenters. The number of carbonyl (C=O) groups is 2. The van der Waals surface area contributed by atoms with Crippen LogP contribution in [0.1, 0.15) is 18.9 Å². The second kappa shape index (κ2) is 10.2. The molecular weight excluding hydrogens is 294 g/mol. The number of allylic oxidation sites excluding steroid dienone is 1. The second-order valence-corrected chi connectivity index (χ2v) is 5.03. The van der Waals surface area contributed by atoms with Crippen molar-refractivity contribution in [3.63, 3.8) is 0 Å². The minimum atomic E-state index is -0.510. The van der Waals surface area contributed by atoms with Gasteiger partial charge in [0.05, 0.1) is 13.0 Å². The Hall–Kier alpha value is -2.56. The molecule has 23 heavy (non-hydrogen) atoms. The fourth-order valence-electron chi connectivity index (χ4n) is 1.88. The topological polar surface area (TPSA) is 64.6 Å². The van der Waals surface area contributed by atoms with Gasteiger partial charge in [0, 0.05) is 6.04 Å². The summed E-state index contributed by atoms with van der Waals surface area (Å²) in [5, 5.41) is 2.68. The Morgan fingerprint density at radius 2 is 1.96 bits per heavy atom. The Labute approximate surface area is 137 Å². The van der Waals surface area contributed by atoms with Gasteiger partial charge < -0.3 is 14.8 Å². The Kier molecular flexibility index (Phi) is 8.21. The van der Waals surface area contributed by atoms with Crippen LogP contribution in [0.2, 0.25) is 0 Å². The summed E-state index contributed by atoms with van der Waals surface area (Å²) in [6.45, 7) is 5.62. The van der Waals surface area contributed by atoms with Crippen molar-refractivity contribution in [3.05, 3.63) is 60.7 Å². The van der Waals surface area contributed by atoms with Gasteiger partial charge in [0.15, 0.2) is 0 Å². The normalized spacial score (nSPS) is 13.1. The number of nitrogens with one attached hydrogen (secondary N) is 1. The molecule has 0 saturated carbocycles. The first kappa shape index (κ1) is 18.5. The molecule has 0 spiro atoms. The molecule has 0 heterocycles. The van der Waals surface area contributed by atoms with Crippen LogP contribution in [-0.2, 0) is 20.9 Å². The molecule has 0 saturated heterocycles. The lowest BCUT2D eigenvalue weighted by Gasteiger charge is -2.12. The van der Waals surface area contributed by atoms with E-state index >= 15 is 0 Å². The third kappa shape index (κ3) is 7.31. The Balaban J connectivity index is 2.43. The molecule has 0 bridgehead atoms. The number of ether oxygens (including phenoxy) is 2. The zero-order chi connectivity index (χ0) is 17.1. The summed E-state index contributed by atoms with van der Waals surface area (Å²) in [5.74, 6) is -0.734. The molecule has 2 atom stereocenters. The number of alkyl carbamates (subject to hydrolysis) is 1. The maximum absolute atomic E-state index is 11.7. The minimum absolute atomic E-state index is 0.213. The van der Waals surface area contributed by atoms with Gasteiger partial charge in [-0.3, -0.25) is 4.79 Å². The monoisotopic (exact) mass is 317 g/mol. The third-order valence-electron chi connectivity index (χ3n) is 3.11. The maximum atomic E-state index is 11.7. The molecule has 0 aliphatic carbocycles. The van der Waals surface area contributed by atoms with Crippen LogP contribution in [0.3, 0.4) is 0 Å². The van der Waals surface area contributed by atoms with E-state index < -0.39 is 12.0 Å². The van der Waals surface area contributed by atoms with E-state index in [4.69, 9.17) is 9.47 Å². The van der Waals surface area contributed by atoms with Crippen molar-refractivity contribution in [2.75, 3.05) is 7.11 Å². The highest BCUT2D eigenvalue weighted by Crippen LogP contribution is 2.09. The number of amides is 1. The van der Waals surface area contributed by atoms with Crippen molar-refractivity contribution < 1.29 is 19.1 Å². The Bertz CT molecular complexity index is 539. The summed E-state index contributed by atoms with van der Waals surface area (Å²) >= 11 is 0. The van der Waals surface area contributed by atoms with Gasteiger partial charge in [0.1, 0.15) is 6.61 Å². The highest BCUT2D eigenvalue weighted by atomic mass is 16.5. The molecule has 0 aromatic heterocycles. The number of hydrogen-bond donors (Lipinski definition) is 1. The van der Waals surface area contributed by atoms with Crippen LogP contribution in [0.5, 0.6) is 0 Å². The number of esters is 1. The summed E-state index contributed by atoms with van der Waals surface area (Å²) in [6.07, 6.45) is 5.06. The Morgan fingerprint density at radius 1 is 1.26 bits per heavy atom. The number of methoxy groups -OCH3 is 1. The second-order valence-electron chi connectivity index (χ2n) is 5.03. The molecule has 0 radical (unpaired) electrons. The molecule has 1 amide bonds. The molecule has 124 valence electrons. The van der Waals surface area contributed by atoms with Gasteiger partial charge >= 0.3 is 12.1 Å². The molecule has 5 nitrogen and oxygen atoms in total. The van der Waals surface area contributed by atoms with Gasteiger partial charge in [-0.25, -0.2) is 4.79 Å². The van der Waals surface area contributed by atoms with Crippen LogP contribution in [0.15, 0.2) is 55.1 Å². The average molecular weight is 317 g/mol. The molecule has 5 heteroatoms. The molecular formula is C18H23NO4. The molecule has 0 aliphatic rings.